The van der Waals surface area contributed by atoms with Crippen LogP contribution in [0.4, 0.5) is 0 Å². The summed E-state index contributed by atoms with van der Waals surface area (Å²) < 4.78 is 1.96. The van der Waals surface area contributed by atoms with E-state index in [1.807, 2.05) is 29.3 Å². The summed E-state index contributed by atoms with van der Waals surface area (Å²) in [7, 11) is 1.96. The van der Waals surface area contributed by atoms with Crippen molar-refractivity contribution in [2.24, 2.45) is 7.05 Å². The van der Waals surface area contributed by atoms with Gasteiger partial charge in [-0.3, -0.25) is 9.59 Å². The molecule has 0 saturated carbocycles. The van der Waals surface area contributed by atoms with Crippen molar-refractivity contribution in [1.82, 2.24) is 20.2 Å². The van der Waals surface area contributed by atoms with Gasteiger partial charge in [0.15, 0.2) is 5.16 Å². The third kappa shape index (κ3) is 5.11. The minimum Gasteiger partial charge on any atom is -0.355 e. The average Bonchev–Trinajstić information content (AvgIpc) is 3.34. The van der Waals surface area contributed by atoms with Crippen LogP contribution in [0.2, 0.25) is 0 Å². The molecule has 3 rings (SSSR count). The number of nitrogens with one attached hydrogen (secondary N) is 2. The van der Waals surface area contributed by atoms with Gasteiger partial charge in [-0.2, -0.15) is 0 Å². The van der Waals surface area contributed by atoms with E-state index >= 15 is 0 Å². The van der Waals surface area contributed by atoms with Gasteiger partial charge in [-0.25, -0.2) is 4.98 Å². The normalized spacial score (nSPS) is 19.5. The van der Waals surface area contributed by atoms with E-state index in [9.17, 15) is 9.59 Å². The average molecular weight is 393 g/mol. The number of rotatable bonds is 9. The Morgan fingerprint density at radius 2 is 2.42 bits per heavy atom. The zero-order chi connectivity index (χ0) is 18.4. The molecule has 2 N–H and O–H groups in total. The van der Waals surface area contributed by atoms with E-state index in [0.29, 0.717) is 25.8 Å². The second kappa shape index (κ2) is 8.73. The molecule has 3 heterocycles. The molecule has 26 heavy (non-hydrogen) atoms. The van der Waals surface area contributed by atoms with Gasteiger partial charge in [0.1, 0.15) is 0 Å². The second-order valence-corrected chi connectivity index (χ2v) is 8.70. The van der Waals surface area contributed by atoms with Gasteiger partial charge in [0, 0.05) is 61.4 Å². The Morgan fingerprint density at radius 3 is 3.08 bits per heavy atom. The molecule has 1 aliphatic heterocycles. The first-order chi connectivity index (χ1) is 12.6. The maximum absolute atomic E-state index is 12.2. The summed E-state index contributed by atoms with van der Waals surface area (Å²) in [6, 6.07) is 4.11. The van der Waals surface area contributed by atoms with Gasteiger partial charge in [-0.1, -0.05) is 17.8 Å². The zero-order valence-corrected chi connectivity index (χ0v) is 16.5. The van der Waals surface area contributed by atoms with Gasteiger partial charge in [0.25, 0.3) is 0 Å². The number of aryl methyl sites for hydroxylation is 1. The standard InChI is InChI=1S/C18H24N4O2S2/c1-22-10-8-20-17(22)26-12-9-19-15(23)4-6-18(7-5-16(24)21-18)13-14-3-2-11-25-14/h2-3,8,10-11H,4-7,9,12-13H2,1H3,(H,19,23)(H,21,24)/t18-/m0/s1. The van der Waals surface area contributed by atoms with Crippen LogP contribution in [0.3, 0.4) is 0 Å². The lowest BCUT2D eigenvalue weighted by Gasteiger charge is -2.28. The lowest BCUT2D eigenvalue weighted by atomic mass is 9.87. The SMILES string of the molecule is Cn1ccnc1SCCNC(=O)CC[C@@]1(Cc2cccs2)CCC(=O)N1. The van der Waals surface area contributed by atoms with Crippen LogP contribution >= 0.6 is 23.1 Å². The Hall–Kier alpha value is -1.80. The Labute approximate surface area is 161 Å². The molecule has 2 amide bonds. The third-order valence-electron chi connectivity index (χ3n) is 4.59. The van der Waals surface area contributed by atoms with Gasteiger partial charge in [-0.05, 0) is 24.3 Å². The molecule has 6 nitrogen and oxygen atoms in total. The summed E-state index contributed by atoms with van der Waals surface area (Å²) in [5.41, 5.74) is -0.277. The van der Waals surface area contributed by atoms with E-state index in [2.05, 4.69) is 21.7 Å². The molecule has 1 atom stereocenters. The molecule has 0 bridgehead atoms. The highest BCUT2D eigenvalue weighted by atomic mass is 32.2. The number of thiophene rings is 1. The van der Waals surface area contributed by atoms with E-state index in [4.69, 9.17) is 0 Å². The molecule has 140 valence electrons. The van der Waals surface area contributed by atoms with Gasteiger partial charge in [0.05, 0.1) is 0 Å². The van der Waals surface area contributed by atoms with Crippen LogP contribution < -0.4 is 10.6 Å². The minimum absolute atomic E-state index is 0.0390. The summed E-state index contributed by atoms with van der Waals surface area (Å²) in [6.07, 6.45) is 6.93. The van der Waals surface area contributed by atoms with E-state index < -0.39 is 0 Å². The lowest BCUT2D eigenvalue weighted by Crippen LogP contribution is -2.44. The van der Waals surface area contributed by atoms with Gasteiger partial charge in [-0.15, -0.1) is 11.3 Å². The third-order valence-corrected chi connectivity index (χ3v) is 6.53. The van der Waals surface area contributed by atoms with Crippen LogP contribution in [0.15, 0.2) is 35.1 Å². The first-order valence-corrected chi connectivity index (χ1v) is 10.6. The maximum Gasteiger partial charge on any atom is 0.220 e. The fourth-order valence-electron chi connectivity index (χ4n) is 3.19. The Bertz CT molecular complexity index is 744. The molecular weight excluding hydrogens is 368 g/mol. The van der Waals surface area contributed by atoms with Crippen LogP contribution in [-0.4, -0.2) is 39.2 Å². The maximum atomic E-state index is 12.2. The van der Waals surface area contributed by atoms with Crippen LogP contribution in [0, 0.1) is 0 Å². The molecule has 1 fully saturated rings. The molecule has 0 unspecified atom stereocenters. The molecule has 0 radical (unpaired) electrons. The number of carbonyl (C=O) groups excluding carboxylic acids is 2. The predicted octanol–water partition coefficient (Wildman–Crippen LogP) is 2.36. The lowest BCUT2D eigenvalue weighted by molar-refractivity contribution is -0.122. The second-order valence-electron chi connectivity index (χ2n) is 6.60. The first-order valence-electron chi connectivity index (χ1n) is 8.77. The molecular formula is C18H24N4O2S2. The summed E-state index contributed by atoms with van der Waals surface area (Å²) in [4.78, 5) is 29.5. The molecule has 2 aromatic heterocycles. The fourth-order valence-corrected chi connectivity index (χ4v) is 4.83. The van der Waals surface area contributed by atoms with Crippen molar-refractivity contribution in [3.05, 3.63) is 34.8 Å². The number of carbonyl (C=O) groups is 2. The van der Waals surface area contributed by atoms with Crippen LogP contribution in [-0.2, 0) is 23.1 Å². The molecule has 0 spiro atoms. The van der Waals surface area contributed by atoms with Gasteiger partial charge >= 0.3 is 0 Å². The summed E-state index contributed by atoms with van der Waals surface area (Å²) in [5, 5.41) is 9.09. The van der Waals surface area contributed by atoms with E-state index in [0.717, 1.165) is 23.8 Å². The highest BCUT2D eigenvalue weighted by Crippen LogP contribution is 2.30. The van der Waals surface area contributed by atoms with Crippen LogP contribution in [0.5, 0.6) is 0 Å². The molecule has 0 aromatic carbocycles. The van der Waals surface area contributed by atoms with Gasteiger partial charge in [0.2, 0.25) is 11.8 Å². The topological polar surface area (TPSA) is 76.0 Å². The smallest absolute Gasteiger partial charge is 0.220 e. The first kappa shape index (κ1) is 19.0. The number of nitrogens with zero attached hydrogens (tertiary/aromatic N) is 2. The van der Waals surface area contributed by atoms with Crippen molar-refractivity contribution in [2.75, 3.05) is 12.3 Å². The number of hydrogen-bond donors (Lipinski definition) is 2. The van der Waals surface area contributed by atoms with Gasteiger partial charge < -0.3 is 15.2 Å². The quantitative estimate of drug-likeness (QED) is 0.507. The fraction of sp³-hybridized carbons (Fsp3) is 0.500. The number of thioether (sulfide) groups is 1. The highest BCUT2D eigenvalue weighted by molar-refractivity contribution is 7.99. The Kier molecular flexibility index (Phi) is 6.37. The largest absolute Gasteiger partial charge is 0.355 e. The highest BCUT2D eigenvalue weighted by Gasteiger charge is 2.38. The minimum atomic E-state index is -0.277. The molecule has 1 saturated heterocycles. The van der Waals surface area contributed by atoms with Crippen LogP contribution in [0.1, 0.15) is 30.6 Å². The molecule has 8 heteroatoms. The number of imidazole rings is 1. The monoisotopic (exact) mass is 392 g/mol. The van der Waals surface area contributed by atoms with Crippen molar-refractivity contribution >= 4 is 34.9 Å². The number of hydrogen-bond acceptors (Lipinski definition) is 5. The van der Waals surface area contributed by atoms with Crippen molar-refractivity contribution < 1.29 is 9.59 Å². The van der Waals surface area contributed by atoms with Crippen molar-refractivity contribution in [2.45, 2.75) is 42.8 Å². The van der Waals surface area contributed by atoms with Crippen molar-refractivity contribution in [3.8, 4) is 0 Å². The Morgan fingerprint density at radius 1 is 1.54 bits per heavy atom. The van der Waals surface area contributed by atoms with E-state index in [-0.39, 0.29) is 17.4 Å². The summed E-state index contributed by atoms with van der Waals surface area (Å²) in [6.45, 7) is 0.612. The summed E-state index contributed by atoms with van der Waals surface area (Å²) in [5.74, 6) is 0.916. The molecule has 0 aliphatic carbocycles. The summed E-state index contributed by atoms with van der Waals surface area (Å²) >= 11 is 3.32. The van der Waals surface area contributed by atoms with Crippen LogP contribution in [0.25, 0.3) is 0 Å². The van der Waals surface area contributed by atoms with Crippen molar-refractivity contribution in [3.63, 3.8) is 0 Å². The predicted molar refractivity (Wildman–Crippen MR) is 104 cm³/mol. The van der Waals surface area contributed by atoms with Crippen molar-refractivity contribution in [1.29, 1.82) is 0 Å². The number of aromatic nitrogens is 2. The van der Waals surface area contributed by atoms with E-state index in [1.165, 1.54) is 4.88 Å². The van der Waals surface area contributed by atoms with E-state index in [1.54, 1.807) is 29.3 Å². The molecule has 1 aliphatic rings. The zero-order valence-electron chi connectivity index (χ0n) is 14.9. The Balaban J connectivity index is 1.42. The molecule has 2 aromatic rings. The number of amides is 2.